The molecule has 170 valence electrons. The van der Waals surface area contributed by atoms with Crippen LogP contribution in [0, 0.1) is 11.7 Å². The van der Waals surface area contributed by atoms with Gasteiger partial charge in [-0.15, -0.1) is 0 Å². The van der Waals surface area contributed by atoms with Crippen LogP contribution in [0.2, 0.25) is 0 Å². The quantitative estimate of drug-likeness (QED) is 0.745. The van der Waals surface area contributed by atoms with Gasteiger partial charge in [-0.3, -0.25) is 9.59 Å². The third kappa shape index (κ3) is 4.68. The Labute approximate surface area is 187 Å². The fraction of sp³-hybridized carbons (Fsp3) is 0.391. The Balaban J connectivity index is 1.36. The Morgan fingerprint density at radius 1 is 0.938 bits per heavy atom. The second-order valence-electron chi connectivity index (χ2n) is 8.18. The monoisotopic (exact) mass is 459 g/mol. The molecule has 0 bridgehead atoms. The second-order valence-corrected chi connectivity index (χ2v) is 10.1. The summed E-state index contributed by atoms with van der Waals surface area (Å²) >= 11 is 0. The molecule has 2 fully saturated rings. The molecule has 2 heterocycles. The van der Waals surface area contributed by atoms with Crippen molar-refractivity contribution in [1.29, 1.82) is 0 Å². The van der Waals surface area contributed by atoms with Gasteiger partial charge in [-0.25, -0.2) is 12.8 Å². The molecule has 2 aromatic rings. The third-order valence-electron chi connectivity index (χ3n) is 6.05. The van der Waals surface area contributed by atoms with Crippen molar-refractivity contribution < 1.29 is 22.4 Å². The maximum atomic E-state index is 14.0. The first-order valence-electron chi connectivity index (χ1n) is 10.8. The number of amides is 2. The SMILES string of the molecule is O=C(Nc1cccc(C(=O)N2CCCC2)c1)C1CCN(S(=O)(=O)c2ccccc2F)CC1. The fourth-order valence-electron chi connectivity index (χ4n) is 4.23. The molecule has 2 aliphatic rings. The predicted octanol–water partition coefficient (Wildman–Crippen LogP) is 3.10. The summed E-state index contributed by atoms with van der Waals surface area (Å²) < 4.78 is 40.7. The highest BCUT2D eigenvalue weighted by Gasteiger charge is 2.33. The number of benzene rings is 2. The second kappa shape index (κ2) is 9.38. The molecule has 2 saturated heterocycles. The molecule has 0 aromatic heterocycles. The standard InChI is InChI=1S/C23H26FN3O4S/c24-20-8-1-2-9-21(20)32(30,31)27-14-10-17(11-15-27)22(28)25-19-7-5-6-18(16-19)23(29)26-12-3-4-13-26/h1-2,5-9,16-17H,3-4,10-15H2,(H,25,28). The average Bonchev–Trinajstić information content (AvgIpc) is 3.34. The molecule has 4 rings (SSSR count). The molecule has 2 aromatic carbocycles. The van der Waals surface area contributed by atoms with Crippen LogP contribution in [0.25, 0.3) is 0 Å². The van der Waals surface area contributed by atoms with E-state index in [2.05, 4.69) is 5.32 Å². The Kier molecular flexibility index (Phi) is 6.57. The van der Waals surface area contributed by atoms with Crippen LogP contribution < -0.4 is 5.32 Å². The summed E-state index contributed by atoms with van der Waals surface area (Å²) in [4.78, 5) is 26.8. The van der Waals surface area contributed by atoms with Crippen LogP contribution in [0.4, 0.5) is 10.1 Å². The lowest BCUT2D eigenvalue weighted by atomic mass is 9.97. The Morgan fingerprint density at radius 3 is 2.31 bits per heavy atom. The highest BCUT2D eigenvalue weighted by atomic mass is 32.2. The number of carbonyl (C=O) groups excluding carboxylic acids is 2. The number of carbonyl (C=O) groups is 2. The van der Waals surface area contributed by atoms with Gasteiger partial charge in [0, 0.05) is 43.3 Å². The van der Waals surface area contributed by atoms with Crippen LogP contribution in [0.5, 0.6) is 0 Å². The van der Waals surface area contributed by atoms with Crippen molar-refractivity contribution in [3.8, 4) is 0 Å². The number of piperidine rings is 1. The number of anilines is 1. The van der Waals surface area contributed by atoms with Gasteiger partial charge in [-0.2, -0.15) is 4.31 Å². The minimum absolute atomic E-state index is 0.0368. The Morgan fingerprint density at radius 2 is 1.62 bits per heavy atom. The highest BCUT2D eigenvalue weighted by molar-refractivity contribution is 7.89. The summed E-state index contributed by atoms with van der Waals surface area (Å²) in [5.74, 6) is -1.39. The molecule has 0 atom stereocenters. The fourth-order valence-corrected chi connectivity index (χ4v) is 5.76. The van der Waals surface area contributed by atoms with Crippen molar-refractivity contribution in [2.45, 2.75) is 30.6 Å². The van der Waals surface area contributed by atoms with Crippen molar-refractivity contribution in [3.63, 3.8) is 0 Å². The van der Waals surface area contributed by atoms with Crippen molar-refractivity contribution in [3.05, 3.63) is 59.9 Å². The zero-order chi connectivity index (χ0) is 22.7. The van der Waals surface area contributed by atoms with Crippen molar-refractivity contribution >= 4 is 27.5 Å². The molecule has 9 heteroatoms. The molecule has 1 N–H and O–H groups in total. The molecule has 7 nitrogen and oxygen atoms in total. The number of hydrogen-bond donors (Lipinski definition) is 1. The Hall–Kier alpha value is -2.78. The number of rotatable bonds is 5. The van der Waals surface area contributed by atoms with Crippen LogP contribution in [0.1, 0.15) is 36.0 Å². The molecule has 2 aliphatic heterocycles. The van der Waals surface area contributed by atoms with E-state index in [1.807, 2.05) is 4.90 Å². The van der Waals surface area contributed by atoms with Gasteiger partial charge in [-0.1, -0.05) is 18.2 Å². The van der Waals surface area contributed by atoms with E-state index >= 15 is 0 Å². The number of nitrogens with one attached hydrogen (secondary N) is 1. The minimum Gasteiger partial charge on any atom is -0.339 e. The largest absolute Gasteiger partial charge is 0.339 e. The smallest absolute Gasteiger partial charge is 0.253 e. The Bertz CT molecular complexity index is 1110. The van der Waals surface area contributed by atoms with Gasteiger partial charge in [0.1, 0.15) is 10.7 Å². The summed E-state index contributed by atoms with van der Waals surface area (Å²) in [6.45, 7) is 1.79. The summed E-state index contributed by atoms with van der Waals surface area (Å²) in [6.07, 6.45) is 2.69. The maximum Gasteiger partial charge on any atom is 0.253 e. The molecule has 32 heavy (non-hydrogen) atoms. The first kappa shape index (κ1) is 22.4. The van der Waals surface area contributed by atoms with Gasteiger partial charge in [0.15, 0.2) is 0 Å². The molecular weight excluding hydrogens is 433 g/mol. The van der Waals surface area contributed by atoms with E-state index in [-0.39, 0.29) is 35.7 Å². The van der Waals surface area contributed by atoms with Crippen LogP contribution in [-0.4, -0.2) is 55.6 Å². The van der Waals surface area contributed by atoms with E-state index in [0.29, 0.717) is 24.1 Å². The van der Waals surface area contributed by atoms with Crippen molar-refractivity contribution in [2.24, 2.45) is 5.92 Å². The summed E-state index contributed by atoms with van der Waals surface area (Å²) in [7, 11) is -3.94. The van der Waals surface area contributed by atoms with Gasteiger partial charge in [-0.05, 0) is 56.0 Å². The molecule has 0 unspecified atom stereocenters. The van der Waals surface area contributed by atoms with E-state index in [9.17, 15) is 22.4 Å². The number of nitrogens with zero attached hydrogens (tertiary/aromatic N) is 2. The van der Waals surface area contributed by atoms with Crippen LogP contribution in [0.3, 0.4) is 0 Å². The van der Waals surface area contributed by atoms with E-state index in [1.165, 1.54) is 22.5 Å². The topological polar surface area (TPSA) is 86.8 Å². The predicted molar refractivity (Wildman–Crippen MR) is 118 cm³/mol. The minimum atomic E-state index is -3.94. The summed E-state index contributed by atoms with van der Waals surface area (Å²) in [5.41, 5.74) is 1.08. The average molecular weight is 460 g/mol. The molecule has 2 amide bonds. The number of hydrogen-bond acceptors (Lipinski definition) is 4. The first-order chi connectivity index (χ1) is 15.4. The van der Waals surface area contributed by atoms with Gasteiger partial charge < -0.3 is 10.2 Å². The van der Waals surface area contributed by atoms with Gasteiger partial charge in [0.2, 0.25) is 15.9 Å². The van der Waals surface area contributed by atoms with Gasteiger partial charge >= 0.3 is 0 Å². The molecular formula is C23H26FN3O4S. The third-order valence-corrected chi connectivity index (χ3v) is 7.98. The number of sulfonamides is 1. The zero-order valence-corrected chi connectivity index (χ0v) is 18.5. The van der Waals surface area contributed by atoms with Crippen molar-refractivity contribution in [2.75, 3.05) is 31.5 Å². The lowest BCUT2D eigenvalue weighted by molar-refractivity contribution is -0.120. The molecule has 0 spiro atoms. The van der Waals surface area contributed by atoms with E-state index < -0.39 is 15.8 Å². The number of likely N-dealkylation sites (tertiary alicyclic amines) is 1. The summed E-state index contributed by atoms with van der Waals surface area (Å²) in [5, 5.41) is 2.85. The first-order valence-corrected chi connectivity index (χ1v) is 12.2. The highest BCUT2D eigenvalue weighted by Crippen LogP contribution is 2.26. The molecule has 0 radical (unpaired) electrons. The number of halogens is 1. The van der Waals surface area contributed by atoms with E-state index in [4.69, 9.17) is 0 Å². The normalized spacial score (nSPS) is 18.0. The van der Waals surface area contributed by atoms with Crippen LogP contribution in [0.15, 0.2) is 53.4 Å². The van der Waals surface area contributed by atoms with E-state index in [0.717, 1.165) is 32.0 Å². The lowest BCUT2D eigenvalue weighted by Crippen LogP contribution is -2.41. The molecule has 0 aliphatic carbocycles. The van der Waals surface area contributed by atoms with E-state index in [1.54, 1.807) is 24.3 Å². The maximum absolute atomic E-state index is 14.0. The zero-order valence-electron chi connectivity index (χ0n) is 17.7. The summed E-state index contributed by atoms with van der Waals surface area (Å²) in [6, 6.07) is 12.2. The van der Waals surface area contributed by atoms with Crippen LogP contribution >= 0.6 is 0 Å². The van der Waals surface area contributed by atoms with Gasteiger partial charge in [0.05, 0.1) is 0 Å². The lowest BCUT2D eigenvalue weighted by Gasteiger charge is -2.30. The molecule has 0 saturated carbocycles. The van der Waals surface area contributed by atoms with Crippen molar-refractivity contribution in [1.82, 2.24) is 9.21 Å². The van der Waals surface area contributed by atoms with Gasteiger partial charge in [0.25, 0.3) is 5.91 Å². The van der Waals surface area contributed by atoms with Crippen LogP contribution in [-0.2, 0) is 14.8 Å².